The van der Waals surface area contributed by atoms with Gasteiger partial charge in [0.1, 0.15) is 0 Å². The number of hydrogen-bond donors (Lipinski definition) is 1. The Bertz CT molecular complexity index is 456. The van der Waals surface area contributed by atoms with E-state index in [0.717, 1.165) is 35.4 Å². The largest absolute Gasteiger partial charge is 0.379 e. The first kappa shape index (κ1) is 16.7. The molecule has 1 aliphatic heterocycles. The van der Waals surface area contributed by atoms with Crippen molar-refractivity contribution in [3.8, 4) is 0 Å². The van der Waals surface area contributed by atoms with Crippen LogP contribution in [0, 0.1) is 9.49 Å². The average molecular weight is 402 g/mol. The monoisotopic (exact) mass is 402 g/mol. The van der Waals surface area contributed by atoms with Crippen LogP contribution in [0.15, 0.2) is 24.3 Å². The normalized spacial score (nSPS) is 17.7. The summed E-state index contributed by atoms with van der Waals surface area (Å²) in [5.74, 6) is 0.505. The van der Waals surface area contributed by atoms with E-state index in [4.69, 9.17) is 4.74 Å². The Morgan fingerprint density at radius 3 is 2.48 bits per heavy atom. The van der Waals surface area contributed by atoms with Crippen LogP contribution in [0.1, 0.15) is 24.2 Å². The lowest BCUT2D eigenvalue weighted by Gasteiger charge is -2.36. The summed E-state index contributed by atoms with van der Waals surface area (Å²) in [5.41, 5.74) is 0.722. The number of amides is 1. The van der Waals surface area contributed by atoms with E-state index in [0.29, 0.717) is 18.5 Å². The van der Waals surface area contributed by atoms with E-state index < -0.39 is 0 Å². The second-order valence-corrected chi connectivity index (χ2v) is 6.92. The second kappa shape index (κ2) is 8.10. The topological polar surface area (TPSA) is 41.6 Å². The van der Waals surface area contributed by atoms with Crippen molar-refractivity contribution in [1.82, 2.24) is 10.2 Å². The zero-order valence-corrected chi connectivity index (χ0v) is 14.8. The summed E-state index contributed by atoms with van der Waals surface area (Å²) < 4.78 is 6.54. The van der Waals surface area contributed by atoms with E-state index in [1.807, 2.05) is 24.3 Å². The van der Waals surface area contributed by atoms with Crippen LogP contribution in [0.25, 0.3) is 0 Å². The minimum absolute atomic E-state index is 0.00492. The predicted octanol–water partition coefficient (Wildman–Crippen LogP) is 2.38. The van der Waals surface area contributed by atoms with Crippen molar-refractivity contribution in [2.24, 2.45) is 5.92 Å². The molecule has 0 aromatic heterocycles. The van der Waals surface area contributed by atoms with Gasteiger partial charge in [0.25, 0.3) is 5.91 Å². The number of benzene rings is 1. The predicted molar refractivity (Wildman–Crippen MR) is 92.5 cm³/mol. The molecular formula is C16H23IN2O2. The zero-order valence-electron chi connectivity index (χ0n) is 12.6. The number of carbonyl (C=O) groups is 1. The summed E-state index contributed by atoms with van der Waals surface area (Å²) in [6, 6.07) is 8.02. The fourth-order valence-corrected chi connectivity index (χ4v) is 2.96. The van der Waals surface area contributed by atoms with E-state index in [9.17, 15) is 4.79 Å². The third-order valence-corrected chi connectivity index (χ3v) is 4.58. The summed E-state index contributed by atoms with van der Waals surface area (Å²) in [5, 5.41) is 3.07. The molecule has 0 spiro atoms. The van der Waals surface area contributed by atoms with Crippen LogP contribution in [0.4, 0.5) is 0 Å². The molecule has 1 saturated heterocycles. The fraction of sp³-hybridized carbons (Fsp3) is 0.562. The summed E-state index contributed by atoms with van der Waals surface area (Å²) in [6.45, 7) is 8.56. The van der Waals surface area contributed by atoms with Gasteiger partial charge in [-0.25, -0.2) is 0 Å². The van der Waals surface area contributed by atoms with Crippen molar-refractivity contribution >= 4 is 28.5 Å². The molecule has 1 atom stereocenters. The maximum Gasteiger partial charge on any atom is 0.251 e. The van der Waals surface area contributed by atoms with Gasteiger partial charge in [-0.05, 0) is 52.8 Å². The molecule has 0 aliphatic carbocycles. The number of carbonyl (C=O) groups excluding carboxylic acids is 1. The van der Waals surface area contributed by atoms with Gasteiger partial charge in [-0.3, -0.25) is 9.69 Å². The van der Waals surface area contributed by atoms with E-state index in [-0.39, 0.29) is 5.91 Å². The molecule has 1 fully saturated rings. The molecule has 1 aromatic rings. The van der Waals surface area contributed by atoms with Crippen molar-refractivity contribution in [3.05, 3.63) is 33.4 Å². The van der Waals surface area contributed by atoms with E-state index in [1.165, 1.54) is 0 Å². The van der Waals surface area contributed by atoms with Gasteiger partial charge in [0.15, 0.2) is 0 Å². The third kappa shape index (κ3) is 4.93. The molecule has 1 aliphatic rings. The highest BCUT2D eigenvalue weighted by molar-refractivity contribution is 14.1. The smallest absolute Gasteiger partial charge is 0.251 e. The molecule has 1 heterocycles. The van der Waals surface area contributed by atoms with Gasteiger partial charge >= 0.3 is 0 Å². The SMILES string of the molecule is CC(C)C(CNC(=O)c1ccc(I)cc1)N1CCOCC1. The fourth-order valence-electron chi connectivity index (χ4n) is 2.60. The van der Waals surface area contributed by atoms with Crippen molar-refractivity contribution in [2.45, 2.75) is 19.9 Å². The van der Waals surface area contributed by atoms with Crippen LogP contribution in [0.3, 0.4) is 0 Å². The molecule has 2 rings (SSSR count). The summed E-state index contributed by atoms with van der Waals surface area (Å²) in [6.07, 6.45) is 0. The van der Waals surface area contributed by atoms with Crippen LogP contribution in [-0.4, -0.2) is 49.7 Å². The number of halogens is 1. The molecule has 4 nitrogen and oxygen atoms in total. The van der Waals surface area contributed by atoms with E-state index >= 15 is 0 Å². The van der Waals surface area contributed by atoms with E-state index in [2.05, 4.69) is 46.7 Å². The maximum absolute atomic E-state index is 12.2. The molecular weight excluding hydrogens is 379 g/mol. The molecule has 116 valence electrons. The maximum atomic E-state index is 12.2. The highest BCUT2D eigenvalue weighted by atomic mass is 127. The number of nitrogens with zero attached hydrogens (tertiary/aromatic N) is 1. The molecule has 1 N–H and O–H groups in total. The Kier molecular flexibility index (Phi) is 6.44. The molecule has 5 heteroatoms. The Labute approximate surface area is 140 Å². The van der Waals surface area contributed by atoms with Crippen LogP contribution >= 0.6 is 22.6 Å². The molecule has 21 heavy (non-hydrogen) atoms. The number of ether oxygens (including phenoxy) is 1. The van der Waals surface area contributed by atoms with Gasteiger partial charge in [-0.1, -0.05) is 13.8 Å². The lowest BCUT2D eigenvalue weighted by molar-refractivity contribution is 0.00673. The number of morpholine rings is 1. The highest BCUT2D eigenvalue weighted by Gasteiger charge is 2.24. The summed E-state index contributed by atoms with van der Waals surface area (Å²) in [7, 11) is 0. The summed E-state index contributed by atoms with van der Waals surface area (Å²) >= 11 is 2.24. The lowest BCUT2D eigenvalue weighted by Crippen LogP contribution is -2.51. The average Bonchev–Trinajstić information content (AvgIpc) is 2.48. The molecule has 1 unspecified atom stereocenters. The zero-order chi connectivity index (χ0) is 15.2. The van der Waals surface area contributed by atoms with Gasteiger partial charge in [-0.15, -0.1) is 0 Å². The van der Waals surface area contributed by atoms with Gasteiger partial charge < -0.3 is 10.1 Å². The quantitative estimate of drug-likeness (QED) is 0.770. The van der Waals surface area contributed by atoms with Crippen molar-refractivity contribution < 1.29 is 9.53 Å². The Balaban J connectivity index is 1.91. The minimum Gasteiger partial charge on any atom is -0.379 e. The van der Waals surface area contributed by atoms with Crippen LogP contribution in [-0.2, 0) is 4.74 Å². The first-order chi connectivity index (χ1) is 10.1. The van der Waals surface area contributed by atoms with Crippen molar-refractivity contribution in [2.75, 3.05) is 32.8 Å². The van der Waals surface area contributed by atoms with Crippen molar-refractivity contribution in [1.29, 1.82) is 0 Å². The Hall–Kier alpha value is -0.660. The van der Waals surface area contributed by atoms with Crippen LogP contribution in [0.2, 0.25) is 0 Å². The number of hydrogen-bond acceptors (Lipinski definition) is 3. The Morgan fingerprint density at radius 1 is 1.29 bits per heavy atom. The molecule has 1 amide bonds. The van der Waals surface area contributed by atoms with Gasteiger partial charge in [0.05, 0.1) is 13.2 Å². The standard InChI is InChI=1S/C16H23IN2O2/c1-12(2)15(19-7-9-21-10-8-19)11-18-16(20)13-3-5-14(17)6-4-13/h3-6,12,15H,7-11H2,1-2H3,(H,18,20). The van der Waals surface area contributed by atoms with Gasteiger partial charge in [0.2, 0.25) is 0 Å². The highest BCUT2D eigenvalue weighted by Crippen LogP contribution is 2.13. The number of nitrogens with one attached hydrogen (secondary N) is 1. The third-order valence-electron chi connectivity index (χ3n) is 3.86. The molecule has 0 bridgehead atoms. The van der Waals surface area contributed by atoms with Gasteiger partial charge in [0, 0.05) is 34.8 Å². The first-order valence-corrected chi connectivity index (χ1v) is 8.51. The van der Waals surface area contributed by atoms with Gasteiger partial charge in [-0.2, -0.15) is 0 Å². The second-order valence-electron chi connectivity index (χ2n) is 5.68. The first-order valence-electron chi connectivity index (χ1n) is 7.43. The minimum atomic E-state index is 0.00492. The Morgan fingerprint density at radius 2 is 1.90 bits per heavy atom. The van der Waals surface area contributed by atoms with E-state index in [1.54, 1.807) is 0 Å². The number of rotatable bonds is 5. The molecule has 0 saturated carbocycles. The van der Waals surface area contributed by atoms with Crippen LogP contribution in [0.5, 0.6) is 0 Å². The van der Waals surface area contributed by atoms with Crippen LogP contribution < -0.4 is 5.32 Å². The lowest BCUT2D eigenvalue weighted by atomic mass is 10.0. The molecule has 0 radical (unpaired) electrons. The van der Waals surface area contributed by atoms with Crippen molar-refractivity contribution in [3.63, 3.8) is 0 Å². The molecule has 1 aromatic carbocycles. The summed E-state index contributed by atoms with van der Waals surface area (Å²) in [4.78, 5) is 14.6.